The second-order valence-corrected chi connectivity index (χ2v) is 12.3. The van der Waals surface area contributed by atoms with Crippen LogP contribution in [0.15, 0.2) is 72.8 Å². The Bertz CT molecular complexity index is 2000. The molecule has 0 amide bonds. The molecule has 2 saturated carbocycles. The first kappa shape index (κ1) is 29.7. The highest BCUT2D eigenvalue weighted by Crippen LogP contribution is 2.48. The molecule has 234 valence electrons. The lowest BCUT2D eigenvalue weighted by atomic mass is 10.0. The molecule has 1 N–H and O–H groups in total. The number of hydrogen-bond acceptors (Lipinski definition) is 5. The largest absolute Gasteiger partial charge is 0.478 e. The Morgan fingerprint density at radius 3 is 2.37 bits per heavy atom. The Kier molecular flexibility index (Phi) is 7.58. The molecule has 2 aromatic heterocycles. The van der Waals surface area contributed by atoms with E-state index in [0.717, 1.165) is 25.7 Å². The van der Waals surface area contributed by atoms with Crippen molar-refractivity contribution in [2.45, 2.75) is 45.3 Å². The number of aromatic carboxylic acids is 1. The van der Waals surface area contributed by atoms with Gasteiger partial charge in [-0.15, -0.1) is 0 Å². The molecule has 5 aromatic rings. The molecule has 3 aromatic carbocycles. The number of Topliss-reactive ketones (excluding diaryl/α,β-unsaturated/α-hetero) is 1. The van der Waals surface area contributed by atoms with Gasteiger partial charge in [0, 0.05) is 47.1 Å². The summed E-state index contributed by atoms with van der Waals surface area (Å²) in [4.78, 5) is 33.0. The first-order valence-electron chi connectivity index (χ1n) is 15.2. The Labute approximate surface area is 262 Å². The molecule has 2 aliphatic carbocycles. The van der Waals surface area contributed by atoms with E-state index in [1.165, 1.54) is 24.3 Å². The number of carboxylic acid groups (broad SMARTS) is 1. The van der Waals surface area contributed by atoms with E-state index < -0.39 is 29.7 Å². The van der Waals surface area contributed by atoms with E-state index >= 15 is 4.39 Å². The number of carbonyl (C=O) groups is 2. The monoisotopic (exact) mass is 625 g/mol. The van der Waals surface area contributed by atoms with Gasteiger partial charge in [-0.1, -0.05) is 30.3 Å². The van der Waals surface area contributed by atoms with Crippen LogP contribution in [0.2, 0.25) is 0 Å². The first-order valence-corrected chi connectivity index (χ1v) is 15.2. The SMILES string of the molecule is O=C(O)c1ccc2nc(Cc3ccc(-c4cccc(OCc5ccc(C(=O)C6CC6)cc5F)n4)cc3F)n(CC3(CF)CC3)c2c1. The number of fused-ring (bicyclic) bond motifs is 1. The van der Waals surface area contributed by atoms with Gasteiger partial charge in [0.2, 0.25) is 5.88 Å². The normalized spacial score (nSPS) is 15.2. The van der Waals surface area contributed by atoms with Crippen LogP contribution in [-0.4, -0.2) is 38.1 Å². The molecule has 0 saturated heterocycles. The van der Waals surface area contributed by atoms with Crippen LogP contribution < -0.4 is 4.74 Å². The van der Waals surface area contributed by atoms with E-state index in [9.17, 15) is 23.5 Å². The smallest absolute Gasteiger partial charge is 0.335 e. The number of carbonyl (C=O) groups excluding carboxylic acids is 1. The van der Waals surface area contributed by atoms with Gasteiger partial charge in [-0.3, -0.25) is 9.18 Å². The van der Waals surface area contributed by atoms with Crippen LogP contribution in [0, 0.1) is 23.0 Å². The number of benzene rings is 3. The molecule has 46 heavy (non-hydrogen) atoms. The van der Waals surface area contributed by atoms with Gasteiger partial charge in [-0.2, -0.15) is 0 Å². The summed E-state index contributed by atoms with van der Waals surface area (Å²) in [7, 11) is 0. The molecule has 0 radical (unpaired) electrons. The molecular weight excluding hydrogens is 595 g/mol. The van der Waals surface area contributed by atoms with E-state index in [1.54, 1.807) is 48.5 Å². The number of nitrogens with zero attached hydrogens (tertiary/aromatic N) is 3. The number of hydrogen-bond donors (Lipinski definition) is 1. The minimum Gasteiger partial charge on any atom is -0.478 e. The molecular formula is C36H30F3N3O4. The molecule has 0 unspecified atom stereocenters. The van der Waals surface area contributed by atoms with Crippen LogP contribution in [-0.2, 0) is 19.6 Å². The van der Waals surface area contributed by atoms with Crippen molar-refractivity contribution in [2.24, 2.45) is 11.3 Å². The molecule has 0 spiro atoms. The van der Waals surface area contributed by atoms with Gasteiger partial charge in [-0.05, 0) is 67.6 Å². The average Bonchev–Trinajstić information content (AvgIpc) is 4.00. The molecule has 7 rings (SSSR count). The van der Waals surface area contributed by atoms with E-state index in [2.05, 4.69) is 9.97 Å². The van der Waals surface area contributed by atoms with E-state index in [1.807, 2.05) is 4.57 Å². The Balaban J connectivity index is 1.09. The number of carboxylic acids is 1. The number of aromatic nitrogens is 3. The van der Waals surface area contributed by atoms with Crippen molar-refractivity contribution in [2.75, 3.05) is 6.67 Å². The highest BCUT2D eigenvalue weighted by atomic mass is 19.1. The zero-order chi connectivity index (χ0) is 32.0. The molecule has 2 aliphatic rings. The Morgan fingerprint density at radius 2 is 1.67 bits per heavy atom. The predicted octanol–water partition coefficient (Wildman–Crippen LogP) is 7.59. The summed E-state index contributed by atoms with van der Waals surface area (Å²) in [6.07, 6.45) is 3.27. The standard InChI is InChI=1S/C36H30F3N3O4/c37-19-36(12-13-36)20-42-31-16-25(35(44)45)10-11-30(31)40-32(42)17-22-6-7-23(14-27(22)38)29-2-1-3-33(41-29)46-18-26-9-8-24(15-28(26)39)34(43)21-4-5-21/h1-3,6-11,14-16,21H,4-5,12-13,17-20H2,(H,44,45). The maximum Gasteiger partial charge on any atom is 0.335 e. The van der Waals surface area contributed by atoms with E-state index in [4.69, 9.17) is 4.74 Å². The van der Waals surface area contributed by atoms with Gasteiger partial charge in [-0.25, -0.2) is 23.5 Å². The quantitative estimate of drug-likeness (QED) is 0.144. The van der Waals surface area contributed by atoms with Gasteiger partial charge < -0.3 is 14.4 Å². The van der Waals surface area contributed by atoms with Gasteiger partial charge in [0.15, 0.2) is 5.78 Å². The number of rotatable bonds is 12. The predicted molar refractivity (Wildman–Crippen MR) is 165 cm³/mol. The van der Waals surface area contributed by atoms with Crippen molar-refractivity contribution in [3.05, 3.63) is 113 Å². The molecule has 10 heteroatoms. The van der Waals surface area contributed by atoms with Gasteiger partial charge in [0.1, 0.15) is 24.1 Å². The topological polar surface area (TPSA) is 94.3 Å². The highest BCUT2D eigenvalue weighted by molar-refractivity contribution is 5.99. The van der Waals surface area contributed by atoms with Crippen molar-refractivity contribution >= 4 is 22.8 Å². The molecule has 2 fully saturated rings. The van der Waals surface area contributed by atoms with Crippen molar-refractivity contribution in [3.8, 4) is 17.1 Å². The maximum atomic E-state index is 15.6. The lowest BCUT2D eigenvalue weighted by Gasteiger charge is -2.16. The lowest BCUT2D eigenvalue weighted by Crippen LogP contribution is -2.16. The fourth-order valence-electron chi connectivity index (χ4n) is 5.69. The number of imidazole rings is 1. The van der Waals surface area contributed by atoms with Gasteiger partial charge >= 0.3 is 5.97 Å². The molecule has 0 atom stereocenters. The Hall–Kier alpha value is -4.99. The van der Waals surface area contributed by atoms with Crippen LogP contribution in [0.4, 0.5) is 13.2 Å². The molecule has 7 nitrogen and oxygen atoms in total. The molecule has 0 bridgehead atoms. The second kappa shape index (κ2) is 11.7. The third-order valence-electron chi connectivity index (χ3n) is 8.89. The summed E-state index contributed by atoms with van der Waals surface area (Å²) in [5.74, 6) is -1.35. The van der Waals surface area contributed by atoms with Crippen molar-refractivity contribution in [1.82, 2.24) is 14.5 Å². The minimum atomic E-state index is -1.07. The summed E-state index contributed by atoms with van der Waals surface area (Å²) in [6.45, 7) is -0.250. The number of alkyl halides is 1. The van der Waals surface area contributed by atoms with Crippen LogP contribution in [0.1, 0.15) is 63.4 Å². The minimum absolute atomic E-state index is 0.00637. The number of pyridine rings is 1. The summed E-state index contributed by atoms with van der Waals surface area (Å²) in [5.41, 5.74) is 2.73. The van der Waals surface area contributed by atoms with Gasteiger partial charge in [0.05, 0.1) is 29.0 Å². The van der Waals surface area contributed by atoms with Gasteiger partial charge in [0.25, 0.3) is 0 Å². The molecule has 0 aliphatic heterocycles. The second-order valence-electron chi connectivity index (χ2n) is 12.3. The van der Waals surface area contributed by atoms with Crippen molar-refractivity contribution < 1.29 is 32.6 Å². The van der Waals surface area contributed by atoms with Crippen molar-refractivity contribution in [1.29, 1.82) is 0 Å². The van der Waals surface area contributed by atoms with Crippen molar-refractivity contribution in [3.63, 3.8) is 0 Å². The zero-order valence-corrected chi connectivity index (χ0v) is 24.8. The summed E-state index contributed by atoms with van der Waals surface area (Å²) in [6, 6.07) is 18.8. The van der Waals surface area contributed by atoms with Crippen LogP contribution >= 0.6 is 0 Å². The Morgan fingerprint density at radius 1 is 0.913 bits per heavy atom. The maximum absolute atomic E-state index is 15.6. The lowest BCUT2D eigenvalue weighted by molar-refractivity contribution is 0.0696. The fraction of sp³-hybridized carbons (Fsp3) is 0.278. The van der Waals surface area contributed by atoms with E-state index in [-0.39, 0.29) is 36.2 Å². The zero-order valence-electron chi connectivity index (χ0n) is 24.8. The summed E-state index contributed by atoms with van der Waals surface area (Å²) in [5, 5.41) is 9.50. The third-order valence-corrected chi connectivity index (χ3v) is 8.89. The average molecular weight is 626 g/mol. The van der Waals surface area contributed by atoms with Crippen LogP contribution in [0.5, 0.6) is 5.88 Å². The fourth-order valence-corrected chi connectivity index (χ4v) is 5.69. The van der Waals surface area contributed by atoms with E-state index in [0.29, 0.717) is 51.4 Å². The summed E-state index contributed by atoms with van der Waals surface area (Å²) < 4.78 is 51.7. The van der Waals surface area contributed by atoms with Crippen LogP contribution in [0.25, 0.3) is 22.3 Å². The molecule has 2 heterocycles. The number of halogens is 3. The van der Waals surface area contributed by atoms with Crippen LogP contribution in [0.3, 0.4) is 0 Å². The summed E-state index contributed by atoms with van der Waals surface area (Å²) >= 11 is 0. The number of ketones is 1. The third kappa shape index (κ3) is 5.99. The number of ether oxygens (including phenoxy) is 1. The highest BCUT2D eigenvalue weighted by Gasteiger charge is 2.44. The first-order chi connectivity index (χ1) is 22.2.